The van der Waals surface area contributed by atoms with Gasteiger partial charge in [-0.25, -0.2) is 14.4 Å². The number of halogens is 6. The van der Waals surface area contributed by atoms with Gasteiger partial charge in [0.2, 0.25) is 0 Å². The summed E-state index contributed by atoms with van der Waals surface area (Å²) in [5, 5.41) is 14.2. The van der Waals surface area contributed by atoms with E-state index in [0.29, 0.717) is 42.3 Å². The molecule has 39 heavy (non-hydrogen) atoms. The number of fused-ring (bicyclic) bond motifs is 1. The highest BCUT2D eigenvalue weighted by atomic mass is 35.5. The molecule has 1 aliphatic heterocycles. The zero-order valence-electron chi connectivity index (χ0n) is 20.0. The molecular formula is C26H21Cl5FN3O4. The van der Waals surface area contributed by atoms with Crippen molar-refractivity contribution in [1.29, 1.82) is 0 Å². The van der Waals surface area contributed by atoms with Gasteiger partial charge in [-0.1, -0.05) is 70.1 Å². The van der Waals surface area contributed by atoms with Crippen molar-refractivity contribution in [2.24, 2.45) is 0 Å². The minimum absolute atomic E-state index is 0.0427. The first-order chi connectivity index (χ1) is 18.7. The summed E-state index contributed by atoms with van der Waals surface area (Å²) in [5.41, 5.74) is -0.455. The number of aliphatic hydroxyl groups is 1. The Kier molecular flexibility index (Phi) is 8.88. The van der Waals surface area contributed by atoms with E-state index in [2.05, 4.69) is 9.97 Å². The van der Waals surface area contributed by atoms with Gasteiger partial charge in [-0.15, -0.1) is 0 Å². The first-order valence-electron chi connectivity index (χ1n) is 11.7. The third kappa shape index (κ3) is 5.86. The van der Waals surface area contributed by atoms with Crippen molar-refractivity contribution in [3.8, 4) is 0 Å². The van der Waals surface area contributed by atoms with E-state index in [1.165, 1.54) is 10.9 Å². The van der Waals surface area contributed by atoms with E-state index < -0.39 is 30.7 Å². The van der Waals surface area contributed by atoms with Crippen LogP contribution in [0.4, 0.5) is 4.39 Å². The van der Waals surface area contributed by atoms with Gasteiger partial charge in [-0.2, -0.15) is 0 Å². The average Bonchev–Trinajstić information content (AvgIpc) is 3.45. The Labute approximate surface area is 248 Å². The molecule has 4 aromatic rings. The van der Waals surface area contributed by atoms with Crippen molar-refractivity contribution in [2.75, 3.05) is 13.3 Å². The Bertz CT molecular complexity index is 1490. The summed E-state index contributed by atoms with van der Waals surface area (Å²) in [7, 11) is 0. The normalized spacial score (nSPS) is 23.1. The van der Waals surface area contributed by atoms with Gasteiger partial charge in [0.25, 0.3) is 0 Å². The van der Waals surface area contributed by atoms with Gasteiger partial charge in [0, 0.05) is 26.3 Å². The molecule has 7 nitrogen and oxygen atoms in total. The van der Waals surface area contributed by atoms with Gasteiger partial charge in [0.1, 0.15) is 36.0 Å². The third-order valence-corrected chi connectivity index (χ3v) is 7.95. The van der Waals surface area contributed by atoms with E-state index in [0.717, 1.165) is 0 Å². The number of aromatic nitrogens is 3. The number of hydrogen-bond donors (Lipinski definition) is 1. The van der Waals surface area contributed by atoms with Crippen LogP contribution in [-0.2, 0) is 27.4 Å². The molecule has 1 saturated heterocycles. The van der Waals surface area contributed by atoms with Crippen LogP contribution < -0.4 is 0 Å². The molecule has 5 rings (SSSR count). The largest absolute Gasteiger partial charge is 0.380 e. The van der Waals surface area contributed by atoms with Crippen molar-refractivity contribution in [2.45, 2.75) is 37.3 Å². The van der Waals surface area contributed by atoms with Gasteiger partial charge in [0.15, 0.2) is 11.8 Å². The Hall–Kier alpha value is -1.72. The van der Waals surface area contributed by atoms with Crippen LogP contribution in [0.3, 0.4) is 0 Å². The predicted molar refractivity (Wildman–Crippen MR) is 149 cm³/mol. The molecule has 1 fully saturated rings. The van der Waals surface area contributed by atoms with Crippen molar-refractivity contribution < 1.29 is 23.7 Å². The van der Waals surface area contributed by atoms with Crippen molar-refractivity contribution in [3.63, 3.8) is 0 Å². The Morgan fingerprint density at radius 1 is 0.949 bits per heavy atom. The Morgan fingerprint density at radius 3 is 2.26 bits per heavy atom. The molecule has 0 bridgehead atoms. The van der Waals surface area contributed by atoms with E-state index >= 15 is 0 Å². The summed E-state index contributed by atoms with van der Waals surface area (Å²) in [6.07, 6.45) is -0.389. The van der Waals surface area contributed by atoms with Crippen LogP contribution in [0.1, 0.15) is 17.4 Å². The maximum absolute atomic E-state index is 14.8. The number of hydrogen-bond acceptors (Lipinski definition) is 6. The van der Waals surface area contributed by atoms with Crippen LogP contribution in [0.2, 0.25) is 25.2 Å². The number of alkyl halides is 1. The average molecular weight is 636 g/mol. The first kappa shape index (κ1) is 28.8. The third-order valence-electron chi connectivity index (χ3n) is 6.48. The molecule has 0 spiro atoms. The molecule has 1 aliphatic rings. The molecule has 0 aliphatic carbocycles. The Balaban J connectivity index is 1.43. The summed E-state index contributed by atoms with van der Waals surface area (Å²) in [5.74, 6) is 0. The topological polar surface area (TPSA) is 78.6 Å². The predicted octanol–water partition coefficient (Wildman–Crippen LogP) is 7.10. The van der Waals surface area contributed by atoms with Crippen molar-refractivity contribution in [3.05, 3.63) is 91.4 Å². The molecule has 1 N–H and O–H groups in total. The highest BCUT2D eigenvalue weighted by molar-refractivity contribution is 6.35. The highest BCUT2D eigenvalue weighted by Crippen LogP contribution is 2.43. The van der Waals surface area contributed by atoms with Crippen LogP contribution in [0.15, 0.2) is 55.0 Å². The molecule has 1 unspecified atom stereocenters. The van der Waals surface area contributed by atoms with Crippen LogP contribution in [-0.4, -0.2) is 50.7 Å². The van der Waals surface area contributed by atoms with E-state index in [1.807, 2.05) is 0 Å². The first-order valence-corrected chi connectivity index (χ1v) is 13.6. The summed E-state index contributed by atoms with van der Waals surface area (Å²) in [6, 6.07) is 11.6. The highest BCUT2D eigenvalue weighted by Gasteiger charge is 2.58. The molecule has 2 aromatic carbocycles. The molecule has 3 heterocycles. The molecule has 13 heteroatoms. The fraction of sp³-hybridized carbons (Fsp3) is 0.308. The fourth-order valence-corrected chi connectivity index (χ4v) is 5.63. The minimum atomic E-state index is -2.12. The van der Waals surface area contributed by atoms with Crippen LogP contribution >= 0.6 is 58.0 Å². The fourth-order valence-electron chi connectivity index (χ4n) is 4.52. The second-order valence-corrected chi connectivity index (χ2v) is 11.0. The van der Waals surface area contributed by atoms with E-state index in [-0.39, 0.29) is 25.0 Å². The molecular weight excluding hydrogens is 615 g/mol. The van der Waals surface area contributed by atoms with Crippen molar-refractivity contribution in [1.82, 2.24) is 14.5 Å². The lowest BCUT2D eigenvalue weighted by molar-refractivity contribution is -0.135. The maximum atomic E-state index is 14.8. The molecule has 2 aromatic heterocycles. The van der Waals surface area contributed by atoms with Crippen LogP contribution in [0, 0.1) is 0 Å². The molecule has 0 saturated carbocycles. The molecule has 0 radical (unpaired) electrons. The smallest absolute Gasteiger partial charge is 0.170 e. The maximum Gasteiger partial charge on any atom is 0.170 e. The summed E-state index contributed by atoms with van der Waals surface area (Å²) in [4.78, 5) is 8.23. The molecule has 0 amide bonds. The van der Waals surface area contributed by atoms with E-state index in [4.69, 9.17) is 72.2 Å². The number of benzene rings is 2. The quantitative estimate of drug-likeness (QED) is 0.198. The van der Waals surface area contributed by atoms with Crippen LogP contribution in [0.25, 0.3) is 11.0 Å². The number of ether oxygens (including phenoxy) is 3. The SMILES string of the molecule is O[C@@]1(CF)C(n2ccc3c(Cl)ncnc32)O[C@H](COCc2ccc(Cl)cc2Cl)[C@H]1OCc1ccc(Cl)cc1Cl. The van der Waals surface area contributed by atoms with Gasteiger partial charge < -0.3 is 23.9 Å². The standard InChI is InChI=1S/C26H21Cl5FN3O4/c27-16-3-1-14(19(29)7-16)9-37-11-21-22(38-10-15-2-4-17(28)8-20(15)30)26(36,12-32)25(39-21)35-6-5-18-23(31)33-13-34-24(18)35/h1-8,13,21-22,25,36H,9-12H2/t21-,22-,25?,26-/m1/s1. The van der Waals surface area contributed by atoms with Crippen molar-refractivity contribution >= 4 is 69.0 Å². The van der Waals surface area contributed by atoms with Crippen LogP contribution in [0.5, 0.6) is 0 Å². The van der Waals surface area contributed by atoms with Gasteiger partial charge in [0.05, 0.1) is 25.2 Å². The summed E-state index contributed by atoms with van der Waals surface area (Å²) < 4.78 is 34.5. The number of nitrogens with zero attached hydrogens (tertiary/aromatic N) is 3. The lowest BCUT2D eigenvalue weighted by Crippen LogP contribution is -2.50. The molecule has 206 valence electrons. The lowest BCUT2D eigenvalue weighted by atomic mass is 9.95. The minimum Gasteiger partial charge on any atom is -0.380 e. The van der Waals surface area contributed by atoms with Gasteiger partial charge in [-0.3, -0.25) is 0 Å². The second kappa shape index (κ2) is 12.0. The molecule has 4 atom stereocenters. The zero-order chi connectivity index (χ0) is 27.7. The Morgan fingerprint density at radius 2 is 1.62 bits per heavy atom. The van der Waals surface area contributed by atoms with E-state index in [9.17, 15) is 9.50 Å². The summed E-state index contributed by atoms with van der Waals surface area (Å²) in [6.45, 7) is -1.15. The van der Waals surface area contributed by atoms with E-state index in [1.54, 1.807) is 48.7 Å². The van der Waals surface area contributed by atoms with Gasteiger partial charge >= 0.3 is 0 Å². The monoisotopic (exact) mass is 633 g/mol. The van der Waals surface area contributed by atoms with Gasteiger partial charge in [-0.05, 0) is 41.5 Å². The number of rotatable bonds is 9. The lowest BCUT2D eigenvalue weighted by Gasteiger charge is -2.32. The second-order valence-electron chi connectivity index (χ2n) is 8.99. The zero-order valence-corrected chi connectivity index (χ0v) is 23.8. The summed E-state index contributed by atoms with van der Waals surface area (Å²) >= 11 is 30.8.